The molecule has 0 unspecified atom stereocenters. The van der Waals surface area contributed by atoms with Gasteiger partial charge in [0.2, 0.25) is 0 Å². The predicted octanol–water partition coefficient (Wildman–Crippen LogP) is 0.661. The largest absolute Gasteiger partial charge is 0.364 e. The van der Waals surface area contributed by atoms with Crippen LogP contribution in [0.15, 0.2) is 24.3 Å². The Hall–Kier alpha value is -2.12. The molecule has 3 rings (SSSR count). The van der Waals surface area contributed by atoms with Crippen molar-refractivity contribution >= 4 is 23.3 Å². The Labute approximate surface area is 128 Å². The van der Waals surface area contributed by atoms with Crippen molar-refractivity contribution in [2.45, 2.75) is 25.0 Å². The molecule has 2 heterocycles. The normalized spacial score (nSPS) is 24.4. The molecule has 1 aromatic rings. The number of nitrogens with one attached hydrogen (secondary N) is 2. The molecule has 0 bridgehead atoms. The van der Waals surface area contributed by atoms with Crippen LogP contribution in [0.5, 0.6) is 0 Å². The number of nitrogens with zero attached hydrogens (tertiary/aromatic N) is 1. The van der Waals surface area contributed by atoms with Gasteiger partial charge in [0.15, 0.2) is 0 Å². The smallest absolute Gasteiger partial charge is 0.321 e. The van der Waals surface area contributed by atoms with Gasteiger partial charge in [0.25, 0.3) is 5.91 Å². The highest BCUT2D eigenvalue weighted by Gasteiger charge is 2.29. The molecule has 0 spiro atoms. The quantitative estimate of drug-likeness (QED) is 0.761. The zero-order valence-electron chi connectivity index (χ0n) is 12.2. The molecule has 22 heavy (non-hydrogen) atoms. The van der Waals surface area contributed by atoms with Gasteiger partial charge < -0.3 is 21.1 Å². The minimum atomic E-state index is -0.433. The fraction of sp³-hybridized carbons (Fsp3) is 0.467. The Morgan fingerprint density at radius 1 is 1.36 bits per heavy atom. The molecular formula is C15H20N4O3. The molecule has 4 N–H and O–H groups in total. The van der Waals surface area contributed by atoms with E-state index in [0.717, 1.165) is 12.1 Å². The number of rotatable bonds is 4. The molecule has 2 aliphatic rings. The minimum Gasteiger partial charge on any atom is -0.364 e. The van der Waals surface area contributed by atoms with Gasteiger partial charge in [-0.25, -0.2) is 4.79 Å². The number of carbonyl (C=O) groups excluding carboxylic acids is 2. The predicted molar refractivity (Wildman–Crippen MR) is 82.8 cm³/mol. The highest BCUT2D eigenvalue weighted by atomic mass is 16.5. The maximum atomic E-state index is 12.1. The Kier molecular flexibility index (Phi) is 4.26. The van der Waals surface area contributed by atoms with Gasteiger partial charge in [0, 0.05) is 31.0 Å². The number of hydrogen-bond acceptors (Lipinski definition) is 4. The number of urea groups is 1. The summed E-state index contributed by atoms with van der Waals surface area (Å²) in [6.45, 7) is 1.75. The number of ether oxygens (including phenoxy) is 1. The van der Waals surface area contributed by atoms with Gasteiger partial charge in [0.1, 0.15) is 6.10 Å². The second-order valence-electron chi connectivity index (χ2n) is 5.48. The van der Waals surface area contributed by atoms with Gasteiger partial charge in [-0.1, -0.05) is 0 Å². The van der Waals surface area contributed by atoms with E-state index in [-0.39, 0.29) is 18.0 Å². The molecule has 0 saturated carbocycles. The van der Waals surface area contributed by atoms with Crippen molar-refractivity contribution < 1.29 is 14.3 Å². The van der Waals surface area contributed by atoms with Crippen molar-refractivity contribution in [3.8, 4) is 0 Å². The van der Waals surface area contributed by atoms with Crippen molar-refractivity contribution in [1.29, 1.82) is 0 Å². The summed E-state index contributed by atoms with van der Waals surface area (Å²) >= 11 is 0. The molecular weight excluding hydrogens is 284 g/mol. The first kappa shape index (κ1) is 14.8. The van der Waals surface area contributed by atoms with E-state index in [2.05, 4.69) is 10.6 Å². The summed E-state index contributed by atoms with van der Waals surface area (Å²) in [5, 5.41) is 5.59. The van der Waals surface area contributed by atoms with Gasteiger partial charge in [-0.2, -0.15) is 0 Å². The number of nitrogens with two attached hydrogens (primary N) is 1. The lowest BCUT2D eigenvalue weighted by molar-refractivity contribution is -0.126. The van der Waals surface area contributed by atoms with Crippen molar-refractivity contribution in [2.75, 3.05) is 29.9 Å². The second kappa shape index (κ2) is 6.33. The molecule has 7 nitrogen and oxygen atoms in total. The van der Waals surface area contributed by atoms with Crippen LogP contribution in [-0.2, 0) is 9.53 Å². The first-order valence-corrected chi connectivity index (χ1v) is 7.49. The SMILES string of the molecule is NC[C@H]1CC[C@@H](C(=O)Nc2ccc(N3CCNC3=O)cc2)O1. The van der Waals surface area contributed by atoms with Gasteiger partial charge in [-0.15, -0.1) is 0 Å². The summed E-state index contributed by atoms with van der Waals surface area (Å²) in [5.74, 6) is -0.150. The molecule has 1 aromatic carbocycles. The molecule has 3 amide bonds. The maximum absolute atomic E-state index is 12.1. The van der Waals surface area contributed by atoms with Crippen molar-refractivity contribution in [3.05, 3.63) is 24.3 Å². The average molecular weight is 304 g/mol. The topological polar surface area (TPSA) is 96.7 Å². The van der Waals surface area contributed by atoms with E-state index < -0.39 is 6.10 Å². The maximum Gasteiger partial charge on any atom is 0.321 e. The number of anilines is 2. The lowest BCUT2D eigenvalue weighted by Gasteiger charge is -2.16. The summed E-state index contributed by atoms with van der Waals surface area (Å²) in [4.78, 5) is 25.4. The third-order valence-corrected chi connectivity index (χ3v) is 3.97. The molecule has 0 aliphatic carbocycles. The molecule has 2 atom stereocenters. The Morgan fingerprint density at radius 3 is 2.73 bits per heavy atom. The number of amides is 3. The van der Waals surface area contributed by atoms with E-state index in [1.54, 1.807) is 17.0 Å². The van der Waals surface area contributed by atoms with Crippen LogP contribution >= 0.6 is 0 Å². The van der Waals surface area contributed by atoms with Crippen LogP contribution in [0.1, 0.15) is 12.8 Å². The van der Waals surface area contributed by atoms with E-state index in [1.165, 1.54) is 0 Å². The first-order valence-electron chi connectivity index (χ1n) is 7.49. The standard InChI is InChI=1S/C15H20N4O3/c16-9-12-5-6-13(22-12)14(20)18-10-1-3-11(4-2-10)19-8-7-17-15(19)21/h1-4,12-13H,5-9,16H2,(H,17,21)(H,18,20)/t12-,13+/m1/s1. The van der Waals surface area contributed by atoms with Crippen molar-refractivity contribution in [3.63, 3.8) is 0 Å². The number of benzene rings is 1. The lowest BCUT2D eigenvalue weighted by atomic mass is 10.2. The molecule has 2 saturated heterocycles. The summed E-state index contributed by atoms with van der Waals surface area (Å²) in [6, 6.07) is 7.11. The third kappa shape index (κ3) is 3.05. The Bertz CT molecular complexity index is 560. The van der Waals surface area contributed by atoms with E-state index in [9.17, 15) is 9.59 Å². The highest BCUT2D eigenvalue weighted by Crippen LogP contribution is 2.22. The third-order valence-electron chi connectivity index (χ3n) is 3.97. The summed E-state index contributed by atoms with van der Waals surface area (Å²) < 4.78 is 5.57. The van der Waals surface area contributed by atoms with Crippen LogP contribution in [0, 0.1) is 0 Å². The van der Waals surface area contributed by atoms with Crippen LogP contribution in [0.25, 0.3) is 0 Å². The molecule has 7 heteroatoms. The number of hydrogen-bond donors (Lipinski definition) is 3. The van der Waals surface area contributed by atoms with Gasteiger partial charge in [0.05, 0.1) is 6.10 Å². The highest BCUT2D eigenvalue weighted by molar-refractivity contribution is 5.96. The van der Waals surface area contributed by atoms with E-state index in [1.807, 2.05) is 12.1 Å². The van der Waals surface area contributed by atoms with Crippen LogP contribution in [-0.4, -0.2) is 43.8 Å². The van der Waals surface area contributed by atoms with E-state index in [4.69, 9.17) is 10.5 Å². The molecule has 2 fully saturated rings. The molecule has 0 aromatic heterocycles. The second-order valence-corrected chi connectivity index (χ2v) is 5.48. The van der Waals surface area contributed by atoms with Crippen molar-refractivity contribution in [1.82, 2.24) is 5.32 Å². The first-order chi connectivity index (χ1) is 10.7. The monoisotopic (exact) mass is 304 g/mol. The zero-order valence-corrected chi connectivity index (χ0v) is 12.2. The number of carbonyl (C=O) groups is 2. The van der Waals surface area contributed by atoms with Gasteiger partial charge in [-0.3, -0.25) is 9.69 Å². The molecule has 2 aliphatic heterocycles. The summed E-state index contributed by atoms with van der Waals surface area (Å²) in [7, 11) is 0. The summed E-state index contributed by atoms with van der Waals surface area (Å²) in [5.41, 5.74) is 7.04. The molecule has 0 radical (unpaired) electrons. The van der Waals surface area contributed by atoms with Crippen molar-refractivity contribution in [2.24, 2.45) is 5.73 Å². The minimum absolute atomic E-state index is 0.0215. The van der Waals surface area contributed by atoms with Gasteiger partial charge >= 0.3 is 6.03 Å². The fourth-order valence-electron chi connectivity index (χ4n) is 2.74. The Balaban J connectivity index is 1.59. The van der Waals surface area contributed by atoms with Crippen LogP contribution in [0.2, 0.25) is 0 Å². The van der Waals surface area contributed by atoms with Crippen LogP contribution in [0.3, 0.4) is 0 Å². The lowest BCUT2D eigenvalue weighted by Crippen LogP contribution is -2.30. The van der Waals surface area contributed by atoms with E-state index >= 15 is 0 Å². The van der Waals surface area contributed by atoms with Crippen LogP contribution in [0.4, 0.5) is 16.2 Å². The van der Waals surface area contributed by atoms with E-state index in [0.29, 0.717) is 31.7 Å². The van der Waals surface area contributed by atoms with Gasteiger partial charge in [-0.05, 0) is 37.1 Å². The molecule has 118 valence electrons. The van der Waals surface area contributed by atoms with Crippen LogP contribution < -0.4 is 21.3 Å². The summed E-state index contributed by atoms with van der Waals surface area (Å²) in [6.07, 6.45) is 1.06. The average Bonchev–Trinajstić information content (AvgIpc) is 3.17. The zero-order chi connectivity index (χ0) is 15.5. The fourth-order valence-corrected chi connectivity index (χ4v) is 2.74. The Morgan fingerprint density at radius 2 is 2.14 bits per heavy atom.